The Hall–Kier alpha value is -0.940. The zero-order chi connectivity index (χ0) is 14.3. The predicted molar refractivity (Wildman–Crippen MR) is 73.4 cm³/mol. The fourth-order valence-corrected chi connectivity index (χ4v) is 2.57. The first kappa shape index (κ1) is 16.1. The maximum Gasteiger partial charge on any atom is 0.297 e. The van der Waals surface area contributed by atoms with E-state index in [1.807, 2.05) is 13.8 Å². The Bertz CT molecular complexity index is 468. The van der Waals surface area contributed by atoms with Gasteiger partial charge < -0.3 is 0 Å². The number of rotatable bonds is 8. The molecule has 5 heteroatoms. The lowest BCUT2D eigenvalue weighted by molar-refractivity contribution is 0.188. The molecule has 0 bridgehead atoms. The molecule has 108 valence electrons. The van der Waals surface area contributed by atoms with Crippen molar-refractivity contribution < 1.29 is 17.0 Å². The highest BCUT2D eigenvalue weighted by Gasteiger charge is 2.17. The van der Waals surface area contributed by atoms with Crippen molar-refractivity contribution >= 4 is 10.1 Å². The van der Waals surface area contributed by atoms with Crippen LogP contribution in [0.25, 0.3) is 0 Å². The second-order valence-corrected chi connectivity index (χ2v) is 6.26. The molecular weight excluding hydrogens is 267 g/mol. The van der Waals surface area contributed by atoms with E-state index in [9.17, 15) is 12.8 Å². The van der Waals surface area contributed by atoms with Gasteiger partial charge in [-0.3, -0.25) is 4.18 Å². The first-order chi connectivity index (χ1) is 8.95. The van der Waals surface area contributed by atoms with Crippen molar-refractivity contribution in [2.24, 2.45) is 0 Å². The Morgan fingerprint density at radius 2 is 1.84 bits per heavy atom. The number of hydrogen-bond donors (Lipinski definition) is 0. The molecule has 1 aromatic rings. The average Bonchev–Trinajstić information content (AvgIpc) is 2.37. The van der Waals surface area contributed by atoms with Gasteiger partial charge in [-0.15, -0.1) is 0 Å². The van der Waals surface area contributed by atoms with Crippen molar-refractivity contribution in [3.63, 3.8) is 0 Å². The summed E-state index contributed by atoms with van der Waals surface area (Å²) in [5.74, 6) is 0. The van der Waals surface area contributed by atoms with Gasteiger partial charge in [-0.2, -0.15) is 8.42 Å². The van der Waals surface area contributed by atoms with Gasteiger partial charge in [0, 0.05) is 0 Å². The molecule has 0 aliphatic carbocycles. The minimum absolute atomic E-state index is 0.0684. The van der Waals surface area contributed by atoms with Gasteiger partial charge in [0.2, 0.25) is 0 Å². The van der Waals surface area contributed by atoms with E-state index in [0.29, 0.717) is 6.42 Å². The van der Waals surface area contributed by atoms with Crippen molar-refractivity contribution in [3.8, 4) is 0 Å². The molecule has 19 heavy (non-hydrogen) atoms. The van der Waals surface area contributed by atoms with Crippen LogP contribution < -0.4 is 0 Å². The maximum atomic E-state index is 13.4. The minimum Gasteiger partial charge on any atom is -0.263 e. The third-order valence-corrected chi connectivity index (χ3v) is 4.13. The molecule has 0 saturated carbocycles. The number of halogens is 1. The highest BCUT2D eigenvalue weighted by molar-refractivity contribution is 7.86. The Morgan fingerprint density at radius 3 is 2.42 bits per heavy atom. The lowest BCUT2D eigenvalue weighted by Gasteiger charge is -2.09. The molecule has 1 aromatic carbocycles. The second-order valence-electron chi connectivity index (χ2n) is 4.64. The van der Waals surface area contributed by atoms with Crippen molar-refractivity contribution in [2.75, 3.05) is 6.61 Å². The number of aryl methyl sites for hydroxylation is 1. The van der Waals surface area contributed by atoms with E-state index in [1.165, 1.54) is 12.1 Å². The van der Waals surface area contributed by atoms with Gasteiger partial charge in [0.25, 0.3) is 10.1 Å². The molecule has 0 aliphatic rings. The normalized spacial score (nSPS) is 13.4. The molecule has 0 saturated heterocycles. The molecule has 1 rings (SSSR count). The molecule has 0 spiro atoms. The van der Waals surface area contributed by atoms with E-state index < -0.39 is 22.9 Å². The Kier molecular flexibility index (Phi) is 6.45. The summed E-state index contributed by atoms with van der Waals surface area (Å²) >= 11 is 0. The van der Waals surface area contributed by atoms with Gasteiger partial charge in [-0.05, 0) is 25.5 Å². The van der Waals surface area contributed by atoms with Crippen LogP contribution in [0.1, 0.15) is 38.2 Å². The quantitative estimate of drug-likeness (QED) is 0.542. The molecule has 3 nitrogen and oxygen atoms in total. The van der Waals surface area contributed by atoms with Crippen LogP contribution in [0.15, 0.2) is 29.2 Å². The maximum absolute atomic E-state index is 13.4. The van der Waals surface area contributed by atoms with Crippen molar-refractivity contribution in [3.05, 3.63) is 29.8 Å². The summed E-state index contributed by atoms with van der Waals surface area (Å²) in [7, 11) is -3.84. The highest BCUT2D eigenvalue weighted by atomic mass is 32.2. The smallest absolute Gasteiger partial charge is 0.263 e. The Morgan fingerprint density at radius 1 is 1.21 bits per heavy atom. The van der Waals surface area contributed by atoms with E-state index in [0.717, 1.165) is 24.8 Å². The lowest BCUT2D eigenvalue weighted by Crippen LogP contribution is -2.15. The fraction of sp³-hybridized carbons (Fsp3) is 0.571. The van der Waals surface area contributed by atoms with Crippen LogP contribution in [-0.4, -0.2) is 21.2 Å². The van der Waals surface area contributed by atoms with Gasteiger partial charge >= 0.3 is 0 Å². The van der Waals surface area contributed by atoms with Crippen LogP contribution >= 0.6 is 0 Å². The topological polar surface area (TPSA) is 43.4 Å². The summed E-state index contributed by atoms with van der Waals surface area (Å²) in [5, 5.41) is 0. The summed E-state index contributed by atoms with van der Waals surface area (Å²) < 4.78 is 41.8. The zero-order valence-electron chi connectivity index (χ0n) is 11.4. The van der Waals surface area contributed by atoms with E-state index in [4.69, 9.17) is 4.18 Å². The fourth-order valence-electron chi connectivity index (χ4n) is 1.64. The SMILES string of the molecule is CCCCC[C@@H](F)COS(=O)(=O)c1ccc(C)cc1. The molecule has 0 radical (unpaired) electrons. The van der Waals surface area contributed by atoms with Crippen LogP contribution in [0.5, 0.6) is 0 Å². The van der Waals surface area contributed by atoms with Gasteiger partial charge in [0.05, 0.1) is 11.5 Å². The van der Waals surface area contributed by atoms with Crippen molar-refractivity contribution in [1.82, 2.24) is 0 Å². The molecule has 0 fully saturated rings. The monoisotopic (exact) mass is 288 g/mol. The summed E-state index contributed by atoms with van der Waals surface area (Å²) in [6.07, 6.45) is 1.83. The van der Waals surface area contributed by atoms with E-state index in [2.05, 4.69) is 0 Å². The third kappa shape index (κ3) is 5.70. The molecule has 0 amide bonds. The van der Waals surface area contributed by atoms with Crippen LogP contribution in [0, 0.1) is 6.92 Å². The van der Waals surface area contributed by atoms with Crippen LogP contribution in [0.3, 0.4) is 0 Å². The summed E-state index contributed by atoms with van der Waals surface area (Å²) in [6.45, 7) is 3.49. The van der Waals surface area contributed by atoms with Gasteiger partial charge in [0.15, 0.2) is 0 Å². The molecule has 0 unspecified atom stereocenters. The zero-order valence-corrected chi connectivity index (χ0v) is 12.2. The summed E-state index contributed by atoms with van der Waals surface area (Å²) in [6, 6.07) is 6.30. The van der Waals surface area contributed by atoms with Crippen molar-refractivity contribution in [2.45, 2.75) is 50.6 Å². The highest BCUT2D eigenvalue weighted by Crippen LogP contribution is 2.15. The molecule has 0 aromatic heterocycles. The molecule has 0 heterocycles. The largest absolute Gasteiger partial charge is 0.297 e. The van der Waals surface area contributed by atoms with E-state index in [-0.39, 0.29) is 4.90 Å². The summed E-state index contributed by atoms with van der Waals surface area (Å²) in [4.78, 5) is 0.0684. The van der Waals surface area contributed by atoms with Gasteiger partial charge in [0.1, 0.15) is 6.17 Å². The van der Waals surface area contributed by atoms with E-state index >= 15 is 0 Å². The second kappa shape index (κ2) is 7.60. The third-order valence-electron chi connectivity index (χ3n) is 2.83. The number of alkyl halides is 1. The number of benzene rings is 1. The molecule has 1 atom stereocenters. The first-order valence-electron chi connectivity index (χ1n) is 6.56. The number of unbranched alkanes of at least 4 members (excludes halogenated alkanes) is 2. The van der Waals surface area contributed by atoms with Crippen LogP contribution in [-0.2, 0) is 14.3 Å². The Labute approximate surface area is 114 Å². The minimum atomic E-state index is -3.84. The van der Waals surface area contributed by atoms with Gasteiger partial charge in [-0.1, -0.05) is 43.9 Å². The summed E-state index contributed by atoms with van der Waals surface area (Å²) in [5.41, 5.74) is 0.960. The standard InChI is InChI=1S/C14H21FO3S/c1-3-4-5-6-13(15)11-18-19(16,17)14-9-7-12(2)8-10-14/h7-10,13H,3-6,11H2,1-2H3/t13-/m1/s1. The van der Waals surface area contributed by atoms with Crippen LogP contribution in [0.4, 0.5) is 4.39 Å². The van der Waals surface area contributed by atoms with Crippen LogP contribution in [0.2, 0.25) is 0 Å². The Balaban J connectivity index is 2.49. The van der Waals surface area contributed by atoms with Gasteiger partial charge in [-0.25, -0.2) is 4.39 Å². The number of hydrogen-bond acceptors (Lipinski definition) is 3. The molecule has 0 aliphatic heterocycles. The molecule has 0 N–H and O–H groups in total. The first-order valence-corrected chi connectivity index (χ1v) is 7.96. The predicted octanol–water partition coefficient (Wildman–Crippen LogP) is 3.62. The molecular formula is C14H21FO3S. The van der Waals surface area contributed by atoms with E-state index in [1.54, 1.807) is 12.1 Å². The van der Waals surface area contributed by atoms with Crippen molar-refractivity contribution in [1.29, 1.82) is 0 Å². The lowest BCUT2D eigenvalue weighted by atomic mass is 10.1. The average molecular weight is 288 g/mol.